The lowest BCUT2D eigenvalue weighted by Gasteiger charge is -2.33. The minimum absolute atomic E-state index is 0.215. The average Bonchev–Trinajstić information content (AvgIpc) is 3.32. The van der Waals surface area contributed by atoms with Gasteiger partial charge in [0.25, 0.3) is 0 Å². The summed E-state index contributed by atoms with van der Waals surface area (Å²) >= 11 is 0. The zero-order chi connectivity index (χ0) is 34.4. The van der Waals surface area contributed by atoms with E-state index in [9.17, 15) is 21.6 Å². The number of anilines is 6. The molecule has 6 aromatic rings. The summed E-state index contributed by atoms with van der Waals surface area (Å²) in [5.74, 6) is -0.481. The molecule has 0 saturated heterocycles. The highest BCUT2D eigenvalue weighted by molar-refractivity contribution is 7.88. The van der Waals surface area contributed by atoms with Crippen molar-refractivity contribution >= 4 is 44.2 Å². The monoisotopic (exact) mass is 676 g/mol. The van der Waals surface area contributed by atoms with Crippen molar-refractivity contribution in [2.75, 3.05) is 9.80 Å². The molecule has 0 N–H and O–H groups in total. The number of nitrogens with zero attached hydrogens (tertiary/aromatic N) is 2. The van der Waals surface area contributed by atoms with Crippen molar-refractivity contribution in [1.82, 2.24) is 0 Å². The Morgan fingerprint density at radius 1 is 0.531 bits per heavy atom. The van der Waals surface area contributed by atoms with Crippen LogP contribution in [0.15, 0.2) is 152 Å². The molecule has 0 amide bonds. The van der Waals surface area contributed by atoms with E-state index in [4.69, 9.17) is 4.18 Å². The molecule has 0 radical (unpaired) electrons. The van der Waals surface area contributed by atoms with Crippen molar-refractivity contribution in [2.45, 2.75) is 24.8 Å². The first-order valence-corrected chi connectivity index (χ1v) is 17.0. The summed E-state index contributed by atoms with van der Waals surface area (Å²) in [6.45, 7) is 4.41. The Balaban J connectivity index is 1.50. The predicted octanol–water partition coefficient (Wildman–Crippen LogP) is 11.2. The number of alkyl halides is 3. The molecule has 5 nitrogen and oxygen atoms in total. The highest BCUT2D eigenvalue weighted by Gasteiger charge is 2.48. The summed E-state index contributed by atoms with van der Waals surface area (Å²) in [5.41, 5.74) is 2.74. The van der Waals surface area contributed by atoms with Gasteiger partial charge in [0.15, 0.2) is 0 Å². The standard InChI is InChI=1S/C40H31F3N2O3S/c1-39(2)35-21-13-12-20-33(35)34-26-31(22-24-36(34)39)45(30-18-10-5-11-19-30)37-25-23-32(48-49(46,47)40(41,42)43)27-38(37)44(28-14-6-3-7-15-28)29-16-8-4-9-17-29/h3-27H,1-2H3. The minimum Gasteiger partial charge on any atom is -0.376 e. The lowest BCUT2D eigenvalue weighted by Crippen LogP contribution is -2.28. The van der Waals surface area contributed by atoms with E-state index in [0.29, 0.717) is 22.7 Å². The number of benzene rings is 6. The molecule has 0 heterocycles. The Bertz CT molecular complexity index is 2200. The second-order valence-electron chi connectivity index (χ2n) is 12.2. The fourth-order valence-corrected chi connectivity index (χ4v) is 6.98. The smallest absolute Gasteiger partial charge is 0.376 e. The number of hydrogen-bond donors (Lipinski definition) is 0. The third-order valence-electron chi connectivity index (χ3n) is 8.79. The molecular formula is C40H31F3N2O3S. The lowest BCUT2D eigenvalue weighted by atomic mass is 9.82. The van der Waals surface area contributed by atoms with E-state index >= 15 is 0 Å². The van der Waals surface area contributed by atoms with Crippen LogP contribution in [0.3, 0.4) is 0 Å². The van der Waals surface area contributed by atoms with E-state index in [0.717, 1.165) is 22.5 Å². The van der Waals surface area contributed by atoms with Crippen molar-refractivity contribution in [3.05, 3.63) is 163 Å². The maximum Gasteiger partial charge on any atom is 0.534 e. The summed E-state index contributed by atoms with van der Waals surface area (Å²) in [5, 5.41) is 0. The maximum absolute atomic E-state index is 13.5. The van der Waals surface area contributed by atoms with Crippen LogP contribution >= 0.6 is 0 Å². The van der Waals surface area contributed by atoms with Crippen LogP contribution in [0.1, 0.15) is 25.0 Å². The Labute approximate surface area is 283 Å². The molecular weight excluding hydrogens is 646 g/mol. The number of rotatable bonds is 8. The van der Waals surface area contributed by atoms with Crippen molar-refractivity contribution in [3.63, 3.8) is 0 Å². The van der Waals surface area contributed by atoms with Gasteiger partial charge in [0.1, 0.15) is 5.75 Å². The zero-order valence-corrected chi connectivity index (χ0v) is 27.4. The zero-order valence-electron chi connectivity index (χ0n) is 26.6. The molecule has 7 rings (SSSR count). The normalized spacial score (nSPS) is 13.3. The molecule has 0 unspecified atom stereocenters. The molecule has 246 valence electrons. The van der Waals surface area contributed by atoms with E-state index in [2.05, 4.69) is 38.1 Å². The topological polar surface area (TPSA) is 49.9 Å². The Morgan fingerprint density at radius 3 is 1.57 bits per heavy atom. The number of para-hydroxylation sites is 3. The Kier molecular flexibility index (Phi) is 7.95. The van der Waals surface area contributed by atoms with Crippen LogP contribution in [-0.2, 0) is 15.5 Å². The largest absolute Gasteiger partial charge is 0.534 e. The van der Waals surface area contributed by atoms with Crippen LogP contribution in [0, 0.1) is 0 Å². The SMILES string of the molecule is CC1(C)c2ccccc2-c2cc(N(c3ccccc3)c3ccc(OS(=O)(=O)C(F)(F)F)cc3N(c3ccccc3)c3ccccc3)ccc21. The molecule has 0 aliphatic heterocycles. The summed E-state index contributed by atoms with van der Waals surface area (Å²) in [6, 6.07) is 47.1. The molecule has 9 heteroatoms. The Hall–Kier alpha value is -5.54. The first-order valence-electron chi connectivity index (χ1n) is 15.6. The van der Waals surface area contributed by atoms with Gasteiger partial charge in [-0.2, -0.15) is 21.6 Å². The van der Waals surface area contributed by atoms with Crippen LogP contribution in [0.4, 0.5) is 47.3 Å². The van der Waals surface area contributed by atoms with Crippen molar-refractivity contribution in [3.8, 4) is 16.9 Å². The summed E-state index contributed by atoms with van der Waals surface area (Å²) in [4.78, 5) is 3.88. The van der Waals surface area contributed by atoms with Crippen LogP contribution in [0.2, 0.25) is 0 Å². The van der Waals surface area contributed by atoms with E-state index in [1.54, 1.807) is 6.07 Å². The fourth-order valence-electron chi connectivity index (χ4n) is 6.53. The fraction of sp³-hybridized carbons (Fsp3) is 0.100. The van der Waals surface area contributed by atoms with Crippen LogP contribution < -0.4 is 14.0 Å². The van der Waals surface area contributed by atoms with E-state index < -0.39 is 21.4 Å². The van der Waals surface area contributed by atoms with E-state index in [-0.39, 0.29) is 5.41 Å². The van der Waals surface area contributed by atoms with Gasteiger partial charge < -0.3 is 14.0 Å². The van der Waals surface area contributed by atoms with Gasteiger partial charge in [0, 0.05) is 34.2 Å². The third kappa shape index (κ3) is 5.80. The van der Waals surface area contributed by atoms with Gasteiger partial charge in [-0.3, -0.25) is 0 Å². The van der Waals surface area contributed by atoms with Gasteiger partial charge >= 0.3 is 15.6 Å². The highest BCUT2D eigenvalue weighted by atomic mass is 32.2. The van der Waals surface area contributed by atoms with Gasteiger partial charge in [-0.05, 0) is 82.9 Å². The van der Waals surface area contributed by atoms with Crippen molar-refractivity contribution in [1.29, 1.82) is 0 Å². The van der Waals surface area contributed by atoms with Crippen LogP contribution in [0.25, 0.3) is 11.1 Å². The maximum atomic E-state index is 13.5. The third-order valence-corrected chi connectivity index (χ3v) is 9.77. The highest BCUT2D eigenvalue weighted by Crippen LogP contribution is 2.52. The average molecular weight is 677 g/mol. The second-order valence-corrected chi connectivity index (χ2v) is 13.7. The van der Waals surface area contributed by atoms with Gasteiger partial charge in [0.2, 0.25) is 0 Å². The molecule has 49 heavy (non-hydrogen) atoms. The van der Waals surface area contributed by atoms with Crippen molar-refractivity contribution < 1.29 is 25.8 Å². The first kappa shape index (κ1) is 32.0. The molecule has 0 spiro atoms. The molecule has 1 aliphatic carbocycles. The number of hydrogen-bond acceptors (Lipinski definition) is 5. The number of halogens is 3. The molecule has 0 atom stereocenters. The van der Waals surface area contributed by atoms with Gasteiger partial charge in [0.05, 0.1) is 11.4 Å². The molecule has 0 bridgehead atoms. The van der Waals surface area contributed by atoms with Gasteiger partial charge in [-0.1, -0.05) is 98.8 Å². The molecule has 0 aromatic heterocycles. The van der Waals surface area contributed by atoms with Gasteiger partial charge in [-0.15, -0.1) is 0 Å². The second kappa shape index (κ2) is 12.2. The quantitative estimate of drug-likeness (QED) is 0.119. The Morgan fingerprint density at radius 2 is 1.02 bits per heavy atom. The van der Waals surface area contributed by atoms with Crippen LogP contribution in [0.5, 0.6) is 5.75 Å². The summed E-state index contributed by atoms with van der Waals surface area (Å²) < 4.78 is 69.6. The lowest BCUT2D eigenvalue weighted by molar-refractivity contribution is -0.0500. The molecule has 0 saturated carbocycles. The molecule has 1 aliphatic rings. The van der Waals surface area contributed by atoms with Crippen LogP contribution in [-0.4, -0.2) is 13.9 Å². The number of fused-ring (bicyclic) bond motifs is 3. The predicted molar refractivity (Wildman–Crippen MR) is 189 cm³/mol. The summed E-state index contributed by atoms with van der Waals surface area (Å²) in [7, 11) is -5.94. The van der Waals surface area contributed by atoms with E-state index in [1.165, 1.54) is 23.3 Å². The molecule has 6 aromatic carbocycles. The molecule has 0 fully saturated rings. The summed E-state index contributed by atoms with van der Waals surface area (Å²) in [6.07, 6.45) is 0. The minimum atomic E-state index is -5.94. The van der Waals surface area contributed by atoms with Crippen molar-refractivity contribution in [2.24, 2.45) is 0 Å². The van der Waals surface area contributed by atoms with Gasteiger partial charge in [-0.25, -0.2) is 0 Å². The first-order chi connectivity index (χ1) is 23.5. The van der Waals surface area contributed by atoms with E-state index in [1.807, 2.05) is 119 Å².